The molecule has 0 saturated heterocycles. The number of H-pyrrole nitrogens is 1. The van der Waals surface area contributed by atoms with Gasteiger partial charge in [0.1, 0.15) is 5.78 Å². The maximum absolute atomic E-state index is 12.3. The van der Waals surface area contributed by atoms with E-state index in [9.17, 15) is 14.9 Å². The van der Waals surface area contributed by atoms with Crippen molar-refractivity contribution in [2.24, 2.45) is 0 Å². The van der Waals surface area contributed by atoms with Crippen molar-refractivity contribution in [2.45, 2.75) is 24.7 Å². The highest BCUT2D eigenvalue weighted by molar-refractivity contribution is 5.90. The summed E-state index contributed by atoms with van der Waals surface area (Å²) in [6, 6.07) is 19.6. The highest BCUT2D eigenvalue weighted by Gasteiger charge is 2.45. The third-order valence-electron chi connectivity index (χ3n) is 4.94. The van der Waals surface area contributed by atoms with Crippen molar-refractivity contribution < 1.29 is 4.79 Å². The van der Waals surface area contributed by atoms with Crippen LogP contribution in [0.2, 0.25) is 0 Å². The van der Waals surface area contributed by atoms with Crippen LogP contribution in [0, 0.1) is 11.3 Å². The number of fused-ring (bicyclic) bond motifs is 1. The summed E-state index contributed by atoms with van der Waals surface area (Å²) in [5.41, 5.74) is 2.68. The minimum absolute atomic E-state index is 0.0825. The van der Waals surface area contributed by atoms with Crippen LogP contribution in [0.4, 0.5) is 0 Å². The van der Waals surface area contributed by atoms with E-state index < -0.39 is 5.41 Å². The van der Waals surface area contributed by atoms with Crippen LogP contribution in [0.15, 0.2) is 59.4 Å². The Balaban J connectivity index is 1.62. The molecule has 0 amide bonds. The van der Waals surface area contributed by atoms with E-state index in [1.54, 1.807) is 0 Å². The summed E-state index contributed by atoms with van der Waals surface area (Å²) in [6.45, 7) is 0. The van der Waals surface area contributed by atoms with E-state index >= 15 is 0 Å². The zero-order valence-electron chi connectivity index (χ0n) is 13.6. The Morgan fingerprint density at radius 2 is 1.76 bits per heavy atom. The van der Waals surface area contributed by atoms with Crippen LogP contribution < -0.4 is 5.56 Å². The van der Waals surface area contributed by atoms with Crippen LogP contribution in [0.5, 0.6) is 0 Å². The van der Waals surface area contributed by atoms with Gasteiger partial charge in [-0.3, -0.25) is 9.59 Å². The molecule has 1 aliphatic carbocycles. The number of carbonyl (C=O) groups is 1. The van der Waals surface area contributed by atoms with E-state index in [0.717, 1.165) is 22.0 Å². The number of nitriles is 1. The standard InChI is InChI=1S/C21H16N2O2/c22-13-21(11-18(24)12-21)17-7-5-14(6-8-17)9-16-10-15-3-1-2-4-19(15)23-20(16)25/h1-8,10H,9,11-12H2,(H,23,25). The van der Waals surface area contributed by atoms with Crippen LogP contribution in [-0.4, -0.2) is 10.8 Å². The van der Waals surface area contributed by atoms with Crippen molar-refractivity contribution in [2.75, 3.05) is 0 Å². The van der Waals surface area contributed by atoms with Crippen LogP contribution in [0.25, 0.3) is 10.9 Å². The molecular weight excluding hydrogens is 312 g/mol. The number of pyridine rings is 1. The maximum atomic E-state index is 12.3. The van der Waals surface area contributed by atoms with Gasteiger partial charge in [-0.1, -0.05) is 42.5 Å². The van der Waals surface area contributed by atoms with Crippen molar-refractivity contribution in [3.63, 3.8) is 0 Å². The minimum Gasteiger partial charge on any atom is -0.322 e. The monoisotopic (exact) mass is 328 g/mol. The molecule has 2 aromatic carbocycles. The molecular formula is C21H16N2O2. The molecule has 0 aliphatic heterocycles. The number of nitrogens with one attached hydrogen (secondary N) is 1. The summed E-state index contributed by atoms with van der Waals surface area (Å²) in [5.74, 6) is 0.133. The highest BCUT2D eigenvalue weighted by Crippen LogP contribution is 2.40. The molecule has 0 atom stereocenters. The number of Topliss-reactive ketones (excluding diaryl/α,β-unsaturated/α-hetero) is 1. The van der Waals surface area contributed by atoms with Gasteiger partial charge < -0.3 is 4.98 Å². The fourth-order valence-corrected chi connectivity index (χ4v) is 3.45. The lowest BCUT2D eigenvalue weighted by atomic mass is 9.64. The molecule has 1 heterocycles. The molecule has 1 aromatic heterocycles. The Hall–Kier alpha value is -3.19. The molecule has 1 aliphatic rings. The number of aromatic nitrogens is 1. The SMILES string of the molecule is N#CC1(c2ccc(Cc3cc4ccccc4[nH]c3=O)cc2)CC(=O)C1. The lowest BCUT2D eigenvalue weighted by molar-refractivity contribution is -0.126. The van der Waals surface area contributed by atoms with Gasteiger partial charge in [-0.15, -0.1) is 0 Å². The van der Waals surface area contributed by atoms with Crippen LogP contribution in [-0.2, 0) is 16.6 Å². The second-order valence-corrected chi connectivity index (χ2v) is 6.67. The van der Waals surface area contributed by atoms with E-state index in [1.165, 1.54) is 0 Å². The first-order valence-corrected chi connectivity index (χ1v) is 8.23. The largest absolute Gasteiger partial charge is 0.322 e. The van der Waals surface area contributed by atoms with Gasteiger partial charge in [-0.05, 0) is 28.6 Å². The van der Waals surface area contributed by atoms with Crippen molar-refractivity contribution in [1.29, 1.82) is 5.26 Å². The number of aromatic amines is 1. The molecule has 0 spiro atoms. The van der Waals surface area contributed by atoms with Gasteiger partial charge in [0.2, 0.25) is 0 Å². The highest BCUT2D eigenvalue weighted by atomic mass is 16.1. The predicted octanol–water partition coefficient (Wildman–Crippen LogP) is 3.24. The Bertz CT molecular complexity index is 1060. The molecule has 0 radical (unpaired) electrons. The predicted molar refractivity (Wildman–Crippen MR) is 95.3 cm³/mol. The Kier molecular flexibility index (Phi) is 3.51. The number of nitrogens with zero attached hydrogens (tertiary/aromatic N) is 1. The van der Waals surface area contributed by atoms with Gasteiger partial charge in [0, 0.05) is 30.3 Å². The van der Waals surface area contributed by atoms with Gasteiger partial charge in [0.15, 0.2) is 0 Å². The number of carbonyl (C=O) groups excluding carboxylic acids is 1. The molecule has 4 nitrogen and oxygen atoms in total. The molecule has 3 aromatic rings. The number of ketones is 1. The minimum atomic E-state index is -0.657. The molecule has 25 heavy (non-hydrogen) atoms. The van der Waals surface area contributed by atoms with E-state index in [2.05, 4.69) is 11.1 Å². The lowest BCUT2D eigenvalue weighted by Gasteiger charge is -2.34. The normalized spacial score (nSPS) is 15.6. The topological polar surface area (TPSA) is 73.7 Å². The van der Waals surface area contributed by atoms with Gasteiger partial charge in [-0.2, -0.15) is 5.26 Å². The first kappa shape index (κ1) is 15.3. The van der Waals surface area contributed by atoms with Crippen molar-refractivity contribution in [3.05, 3.63) is 81.6 Å². The first-order chi connectivity index (χ1) is 12.1. The fourth-order valence-electron chi connectivity index (χ4n) is 3.45. The summed E-state index contributed by atoms with van der Waals surface area (Å²) in [5, 5.41) is 10.4. The van der Waals surface area contributed by atoms with Gasteiger partial charge >= 0.3 is 0 Å². The van der Waals surface area contributed by atoms with Crippen LogP contribution >= 0.6 is 0 Å². The summed E-state index contributed by atoms with van der Waals surface area (Å²) in [7, 11) is 0. The van der Waals surface area contributed by atoms with Gasteiger partial charge in [-0.25, -0.2) is 0 Å². The Morgan fingerprint density at radius 3 is 2.44 bits per heavy atom. The average molecular weight is 328 g/mol. The average Bonchev–Trinajstić information content (AvgIpc) is 2.60. The van der Waals surface area contributed by atoms with Crippen molar-refractivity contribution >= 4 is 16.7 Å². The number of rotatable bonds is 3. The van der Waals surface area contributed by atoms with E-state index in [-0.39, 0.29) is 11.3 Å². The molecule has 122 valence electrons. The summed E-state index contributed by atoms with van der Waals surface area (Å²) >= 11 is 0. The van der Waals surface area contributed by atoms with E-state index in [0.29, 0.717) is 24.8 Å². The molecule has 1 saturated carbocycles. The molecule has 4 heteroatoms. The number of para-hydroxylation sites is 1. The smallest absolute Gasteiger partial charge is 0.251 e. The van der Waals surface area contributed by atoms with E-state index in [1.807, 2.05) is 54.6 Å². The van der Waals surface area contributed by atoms with E-state index in [4.69, 9.17) is 0 Å². The quantitative estimate of drug-likeness (QED) is 0.802. The van der Waals surface area contributed by atoms with Crippen LogP contribution in [0.1, 0.15) is 29.5 Å². The van der Waals surface area contributed by atoms with Crippen molar-refractivity contribution in [1.82, 2.24) is 4.98 Å². The Morgan fingerprint density at radius 1 is 1.04 bits per heavy atom. The molecule has 4 rings (SSSR count). The van der Waals surface area contributed by atoms with Crippen LogP contribution in [0.3, 0.4) is 0 Å². The molecule has 0 bridgehead atoms. The number of hydrogen-bond acceptors (Lipinski definition) is 3. The first-order valence-electron chi connectivity index (χ1n) is 8.23. The molecule has 1 fully saturated rings. The van der Waals surface area contributed by atoms with Gasteiger partial charge in [0.25, 0.3) is 5.56 Å². The zero-order chi connectivity index (χ0) is 17.4. The molecule has 1 N–H and O–H groups in total. The lowest BCUT2D eigenvalue weighted by Crippen LogP contribution is -2.40. The summed E-state index contributed by atoms with van der Waals surface area (Å²) < 4.78 is 0. The third-order valence-corrected chi connectivity index (χ3v) is 4.94. The second-order valence-electron chi connectivity index (χ2n) is 6.67. The maximum Gasteiger partial charge on any atom is 0.251 e. The fraction of sp³-hybridized carbons (Fsp3) is 0.190. The molecule has 0 unspecified atom stereocenters. The van der Waals surface area contributed by atoms with Crippen molar-refractivity contribution in [3.8, 4) is 6.07 Å². The second kappa shape index (κ2) is 5.71. The summed E-state index contributed by atoms with van der Waals surface area (Å²) in [6.07, 6.45) is 1.12. The number of benzene rings is 2. The Labute approximate surface area is 144 Å². The zero-order valence-corrected chi connectivity index (χ0v) is 13.6. The third kappa shape index (κ3) is 2.64. The number of hydrogen-bond donors (Lipinski definition) is 1. The van der Waals surface area contributed by atoms with Gasteiger partial charge in [0.05, 0.1) is 11.5 Å². The summed E-state index contributed by atoms with van der Waals surface area (Å²) in [4.78, 5) is 26.5.